The quantitative estimate of drug-likeness (QED) is 0.520. The number of rotatable bonds is 2. The largest absolute Gasteiger partial charge is 0.505 e. The van der Waals surface area contributed by atoms with E-state index in [-0.39, 0.29) is 0 Å². The summed E-state index contributed by atoms with van der Waals surface area (Å²) in [5.41, 5.74) is -3.27. The standard InChI is InChI=1S/C16H6ClF4NO4/c17-12-13(21)9(20)1-5-14(12)22(4-6(15(5)24)16(25)26)10-3-11(23)8(19)2-7(10)18/h1-4,23H,(H,25,26). The van der Waals surface area contributed by atoms with Crippen LogP contribution in [0.4, 0.5) is 17.6 Å². The molecule has 3 rings (SSSR count). The van der Waals surface area contributed by atoms with Gasteiger partial charge in [-0.25, -0.2) is 22.4 Å². The molecule has 2 aromatic carbocycles. The predicted octanol–water partition coefficient (Wildman–Crippen LogP) is 3.60. The minimum atomic E-state index is -1.72. The molecule has 0 amide bonds. The highest BCUT2D eigenvalue weighted by molar-refractivity contribution is 6.35. The number of benzene rings is 2. The molecule has 3 aromatic rings. The Kier molecular flexibility index (Phi) is 4.11. The number of hydrogen-bond acceptors (Lipinski definition) is 3. The van der Waals surface area contributed by atoms with Crippen molar-refractivity contribution in [3.8, 4) is 11.4 Å². The second kappa shape index (κ2) is 6.03. The van der Waals surface area contributed by atoms with Gasteiger partial charge in [0.25, 0.3) is 0 Å². The topological polar surface area (TPSA) is 79.5 Å². The molecular formula is C16H6ClF4NO4. The Hall–Kier alpha value is -3.07. The highest BCUT2D eigenvalue weighted by atomic mass is 35.5. The maximum absolute atomic E-state index is 14.2. The van der Waals surface area contributed by atoms with E-state index in [2.05, 4.69) is 0 Å². The monoisotopic (exact) mass is 387 g/mol. The minimum absolute atomic E-state index is 0.294. The van der Waals surface area contributed by atoms with E-state index in [1.807, 2.05) is 0 Å². The molecule has 0 radical (unpaired) electrons. The first-order chi connectivity index (χ1) is 12.1. The van der Waals surface area contributed by atoms with E-state index < -0.39 is 67.6 Å². The molecule has 0 saturated carbocycles. The van der Waals surface area contributed by atoms with E-state index in [1.54, 1.807) is 0 Å². The summed E-state index contributed by atoms with van der Waals surface area (Å²) in [6.07, 6.45) is 0.617. The third-order valence-electron chi connectivity index (χ3n) is 3.63. The molecule has 0 bridgehead atoms. The van der Waals surface area contributed by atoms with Crippen molar-refractivity contribution < 1.29 is 32.6 Å². The number of phenols is 1. The summed E-state index contributed by atoms with van der Waals surface area (Å²) >= 11 is 5.73. The Labute approximate surface area is 146 Å². The summed E-state index contributed by atoms with van der Waals surface area (Å²) in [5.74, 6) is -8.37. The first-order valence-corrected chi connectivity index (χ1v) is 7.15. The molecular weight excluding hydrogens is 382 g/mol. The van der Waals surface area contributed by atoms with Gasteiger partial charge in [0.15, 0.2) is 23.2 Å². The van der Waals surface area contributed by atoms with Gasteiger partial charge in [0.2, 0.25) is 5.43 Å². The second-order valence-electron chi connectivity index (χ2n) is 5.18. The van der Waals surface area contributed by atoms with E-state index >= 15 is 0 Å². The minimum Gasteiger partial charge on any atom is -0.505 e. The number of phenolic OH excluding ortho intramolecular Hbond substituents is 1. The normalized spacial score (nSPS) is 11.1. The third-order valence-corrected chi connectivity index (χ3v) is 3.98. The number of aromatic hydroxyl groups is 1. The van der Waals surface area contributed by atoms with Crippen LogP contribution >= 0.6 is 11.6 Å². The van der Waals surface area contributed by atoms with Crippen molar-refractivity contribution in [3.63, 3.8) is 0 Å². The number of pyridine rings is 1. The fourth-order valence-corrected chi connectivity index (χ4v) is 2.73. The SMILES string of the molecule is O=C(O)c1cn(-c2cc(O)c(F)cc2F)c2c(Cl)c(F)c(F)cc2c1=O. The lowest BCUT2D eigenvalue weighted by Gasteiger charge is -2.15. The predicted molar refractivity (Wildman–Crippen MR) is 83.0 cm³/mol. The van der Waals surface area contributed by atoms with Crippen molar-refractivity contribution in [1.82, 2.24) is 4.57 Å². The third kappa shape index (κ3) is 2.57. The number of carbonyl (C=O) groups is 1. The fraction of sp³-hybridized carbons (Fsp3) is 0. The lowest BCUT2D eigenvalue weighted by Crippen LogP contribution is -2.19. The van der Waals surface area contributed by atoms with Crippen LogP contribution in [-0.2, 0) is 0 Å². The van der Waals surface area contributed by atoms with Gasteiger partial charge in [-0.2, -0.15) is 0 Å². The molecule has 1 aromatic heterocycles. The lowest BCUT2D eigenvalue weighted by atomic mass is 10.1. The van der Waals surface area contributed by atoms with Gasteiger partial charge in [-0.3, -0.25) is 4.79 Å². The molecule has 134 valence electrons. The van der Waals surface area contributed by atoms with E-state index in [0.717, 1.165) is 0 Å². The molecule has 0 saturated heterocycles. The number of aromatic carboxylic acids is 1. The molecule has 0 fully saturated rings. The summed E-state index contributed by atoms with van der Waals surface area (Å²) in [7, 11) is 0. The van der Waals surface area contributed by atoms with Crippen molar-refractivity contribution in [2.75, 3.05) is 0 Å². The summed E-state index contributed by atoms with van der Waals surface area (Å²) in [4.78, 5) is 23.5. The van der Waals surface area contributed by atoms with Crippen molar-refractivity contribution in [2.45, 2.75) is 0 Å². The number of carboxylic acids is 1. The van der Waals surface area contributed by atoms with Crippen molar-refractivity contribution in [2.24, 2.45) is 0 Å². The van der Waals surface area contributed by atoms with Gasteiger partial charge in [-0.05, 0) is 6.07 Å². The number of fused-ring (bicyclic) bond motifs is 1. The number of aromatic nitrogens is 1. The zero-order valence-corrected chi connectivity index (χ0v) is 13.1. The second-order valence-corrected chi connectivity index (χ2v) is 5.56. The number of carboxylic acid groups (broad SMARTS) is 1. The molecule has 5 nitrogen and oxygen atoms in total. The molecule has 0 atom stereocenters. The molecule has 0 unspecified atom stereocenters. The van der Waals surface area contributed by atoms with Gasteiger partial charge in [0, 0.05) is 18.3 Å². The molecule has 0 aliphatic rings. The van der Waals surface area contributed by atoms with Gasteiger partial charge >= 0.3 is 5.97 Å². The first kappa shape index (κ1) is 17.7. The Morgan fingerprint density at radius 3 is 2.31 bits per heavy atom. The van der Waals surface area contributed by atoms with Crippen molar-refractivity contribution in [3.05, 3.63) is 68.5 Å². The maximum atomic E-state index is 14.2. The molecule has 10 heteroatoms. The summed E-state index contributed by atoms with van der Waals surface area (Å²) in [5, 5.41) is 17.0. The van der Waals surface area contributed by atoms with Gasteiger partial charge < -0.3 is 14.8 Å². The molecule has 0 aliphatic carbocycles. The van der Waals surface area contributed by atoms with Crippen LogP contribution in [0.2, 0.25) is 5.02 Å². The molecule has 2 N–H and O–H groups in total. The number of hydrogen-bond donors (Lipinski definition) is 2. The van der Waals surface area contributed by atoms with Gasteiger partial charge in [-0.1, -0.05) is 11.6 Å². The Balaban J connectivity index is 2.59. The molecule has 0 aliphatic heterocycles. The summed E-state index contributed by atoms with van der Waals surface area (Å²) < 4.78 is 55.6. The van der Waals surface area contributed by atoms with Gasteiger partial charge in [0.05, 0.1) is 16.6 Å². The van der Waals surface area contributed by atoms with Crippen molar-refractivity contribution in [1.29, 1.82) is 0 Å². The highest BCUT2D eigenvalue weighted by Gasteiger charge is 2.23. The van der Waals surface area contributed by atoms with Crippen LogP contribution in [0.3, 0.4) is 0 Å². The van der Waals surface area contributed by atoms with Crippen molar-refractivity contribution >= 4 is 28.5 Å². The Bertz CT molecular complexity index is 1160. The summed E-state index contributed by atoms with van der Waals surface area (Å²) in [6.45, 7) is 0. The van der Waals surface area contributed by atoms with Gasteiger partial charge in [0.1, 0.15) is 16.4 Å². The zero-order valence-electron chi connectivity index (χ0n) is 12.4. The smallest absolute Gasteiger partial charge is 0.341 e. The zero-order chi connectivity index (χ0) is 19.3. The van der Waals surface area contributed by atoms with Crippen LogP contribution in [0.1, 0.15) is 10.4 Å². The molecule has 1 heterocycles. The van der Waals surface area contributed by atoms with E-state index in [9.17, 15) is 32.3 Å². The number of halogens is 5. The van der Waals surface area contributed by atoms with Crippen LogP contribution in [0, 0.1) is 23.3 Å². The Morgan fingerprint density at radius 2 is 1.69 bits per heavy atom. The average molecular weight is 388 g/mol. The van der Waals surface area contributed by atoms with Crippen LogP contribution in [0.5, 0.6) is 5.75 Å². The highest BCUT2D eigenvalue weighted by Crippen LogP contribution is 2.32. The van der Waals surface area contributed by atoms with Gasteiger partial charge in [-0.15, -0.1) is 0 Å². The fourth-order valence-electron chi connectivity index (χ4n) is 2.44. The number of nitrogens with zero attached hydrogens (tertiary/aromatic N) is 1. The first-order valence-electron chi connectivity index (χ1n) is 6.78. The van der Waals surface area contributed by atoms with E-state index in [1.165, 1.54) is 0 Å². The van der Waals surface area contributed by atoms with Crippen LogP contribution in [0.25, 0.3) is 16.6 Å². The van der Waals surface area contributed by atoms with Crippen LogP contribution in [-0.4, -0.2) is 20.7 Å². The molecule has 0 spiro atoms. The van der Waals surface area contributed by atoms with E-state index in [4.69, 9.17) is 16.7 Å². The lowest BCUT2D eigenvalue weighted by molar-refractivity contribution is 0.0695. The Morgan fingerprint density at radius 1 is 1.04 bits per heavy atom. The maximum Gasteiger partial charge on any atom is 0.341 e. The van der Waals surface area contributed by atoms with Crippen LogP contribution in [0.15, 0.2) is 29.2 Å². The summed E-state index contributed by atoms with van der Waals surface area (Å²) in [6, 6.07) is 1.30. The molecule has 26 heavy (non-hydrogen) atoms. The van der Waals surface area contributed by atoms with E-state index in [0.29, 0.717) is 29.0 Å². The average Bonchev–Trinajstić information content (AvgIpc) is 2.57. The van der Waals surface area contributed by atoms with Crippen LogP contribution < -0.4 is 5.43 Å².